The predicted octanol–water partition coefficient (Wildman–Crippen LogP) is -0.319. The molecule has 0 radical (unpaired) electrons. The molecule has 0 aromatic carbocycles. The minimum absolute atomic E-state index is 0.206. The van der Waals surface area contributed by atoms with E-state index in [1.54, 1.807) is 6.92 Å². The standard InChI is InChI=1S/C11H12N2O5/c1-3-17-9(14)4-5-10(15)18-8-6-12-7(2)13-11(8)16/h4-6,12H,2-3H2,1H3,(H,13,16)/b5-4+. The Hall–Kier alpha value is -2.57. The Balaban J connectivity index is 2.53. The van der Waals surface area contributed by atoms with Gasteiger partial charge < -0.3 is 20.1 Å². The van der Waals surface area contributed by atoms with E-state index in [0.29, 0.717) is 0 Å². The van der Waals surface area contributed by atoms with Gasteiger partial charge in [-0.1, -0.05) is 6.58 Å². The van der Waals surface area contributed by atoms with Crippen LogP contribution in [0, 0.1) is 0 Å². The van der Waals surface area contributed by atoms with Gasteiger partial charge in [0.15, 0.2) is 0 Å². The van der Waals surface area contributed by atoms with Gasteiger partial charge in [0.2, 0.25) is 5.76 Å². The number of amides is 1. The molecule has 0 atom stereocenters. The fraction of sp³-hybridized carbons (Fsp3) is 0.182. The summed E-state index contributed by atoms with van der Waals surface area (Å²) in [6.45, 7) is 5.30. The third kappa shape index (κ3) is 4.12. The first-order valence-corrected chi connectivity index (χ1v) is 5.06. The number of rotatable bonds is 4. The highest BCUT2D eigenvalue weighted by atomic mass is 16.5. The summed E-state index contributed by atoms with van der Waals surface area (Å²) in [6, 6.07) is 0. The van der Waals surface area contributed by atoms with Crippen LogP contribution >= 0.6 is 0 Å². The van der Waals surface area contributed by atoms with Gasteiger partial charge in [-0.2, -0.15) is 0 Å². The normalized spacial score (nSPS) is 14.6. The zero-order valence-corrected chi connectivity index (χ0v) is 9.69. The highest BCUT2D eigenvalue weighted by Crippen LogP contribution is 2.03. The second-order valence-corrected chi connectivity index (χ2v) is 3.09. The summed E-state index contributed by atoms with van der Waals surface area (Å²) >= 11 is 0. The maximum atomic E-state index is 11.3. The van der Waals surface area contributed by atoms with Crippen molar-refractivity contribution in [3.63, 3.8) is 0 Å². The van der Waals surface area contributed by atoms with Crippen LogP contribution in [0.15, 0.2) is 36.5 Å². The molecule has 1 aliphatic rings. The molecule has 2 N–H and O–H groups in total. The van der Waals surface area contributed by atoms with Crippen molar-refractivity contribution in [2.75, 3.05) is 6.61 Å². The van der Waals surface area contributed by atoms with E-state index in [-0.39, 0.29) is 18.2 Å². The SMILES string of the molecule is C=C1NC=C(OC(=O)/C=C/C(=O)OCC)C(=O)N1. The second kappa shape index (κ2) is 6.24. The molecule has 0 aromatic heterocycles. The zero-order chi connectivity index (χ0) is 13.5. The van der Waals surface area contributed by atoms with Crippen molar-refractivity contribution < 1.29 is 23.9 Å². The minimum Gasteiger partial charge on any atom is -0.463 e. The van der Waals surface area contributed by atoms with Gasteiger partial charge in [-0.05, 0) is 6.92 Å². The van der Waals surface area contributed by atoms with E-state index in [1.807, 2.05) is 0 Å². The number of carbonyl (C=O) groups is 3. The van der Waals surface area contributed by atoms with E-state index in [0.717, 1.165) is 12.2 Å². The predicted molar refractivity (Wildman–Crippen MR) is 60.4 cm³/mol. The molecular weight excluding hydrogens is 240 g/mol. The highest BCUT2D eigenvalue weighted by Gasteiger charge is 2.18. The summed E-state index contributed by atoms with van der Waals surface area (Å²) in [6.07, 6.45) is 2.98. The fourth-order valence-corrected chi connectivity index (χ4v) is 0.998. The van der Waals surface area contributed by atoms with Crippen LogP contribution in [-0.2, 0) is 23.9 Å². The van der Waals surface area contributed by atoms with Gasteiger partial charge in [-0.25, -0.2) is 9.59 Å². The van der Waals surface area contributed by atoms with E-state index in [2.05, 4.69) is 21.9 Å². The van der Waals surface area contributed by atoms with Crippen LogP contribution in [0.2, 0.25) is 0 Å². The molecule has 18 heavy (non-hydrogen) atoms. The largest absolute Gasteiger partial charge is 0.463 e. The Morgan fingerprint density at radius 3 is 2.67 bits per heavy atom. The molecule has 0 unspecified atom stereocenters. The number of hydrogen-bond acceptors (Lipinski definition) is 6. The van der Waals surface area contributed by atoms with E-state index in [1.165, 1.54) is 6.20 Å². The molecule has 1 amide bonds. The van der Waals surface area contributed by atoms with Crippen LogP contribution in [0.3, 0.4) is 0 Å². The van der Waals surface area contributed by atoms with Gasteiger partial charge in [0, 0.05) is 12.2 Å². The maximum absolute atomic E-state index is 11.3. The highest BCUT2D eigenvalue weighted by molar-refractivity contribution is 5.98. The van der Waals surface area contributed by atoms with Crippen LogP contribution in [0.1, 0.15) is 6.92 Å². The number of ether oxygens (including phenoxy) is 2. The molecular formula is C11H12N2O5. The molecule has 0 aromatic rings. The quantitative estimate of drug-likeness (QED) is 0.526. The Kier molecular flexibility index (Phi) is 4.67. The molecule has 0 saturated heterocycles. The van der Waals surface area contributed by atoms with E-state index < -0.39 is 17.8 Å². The number of hydrogen-bond donors (Lipinski definition) is 2. The Morgan fingerprint density at radius 1 is 1.39 bits per heavy atom. The Bertz CT molecular complexity index is 450. The molecule has 1 rings (SSSR count). The van der Waals surface area contributed by atoms with Crippen molar-refractivity contribution in [2.24, 2.45) is 0 Å². The van der Waals surface area contributed by atoms with Gasteiger partial charge >= 0.3 is 11.9 Å². The van der Waals surface area contributed by atoms with Crippen LogP contribution < -0.4 is 10.6 Å². The molecule has 7 heteroatoms. The molecule has 0 spiro atoms. The number of nitrogens with one attached hydrogen (secondary N) is 2. The lowest BCUT2D eigenvalue weighted by molar-refractivity contribution is -0.140. The van der Waals surface area contributed by atoms with Gasteiger partial charge in [0.05, 0.1) is 12.8 Å². The molecule has 0 bridgehead atoms. The van der Waals surface area contributed by atoms with Crippen molar-refractivity contribution in [2.45, 2.75) is 6.92 Å². The monoisotopic (exact) mass is 252 g/mol. The molecule has 96 valence electrons. The smallest absolute Gasteiger partial charge is 0.336 e. The maximum Gasteiger partial charge on any atom is 0.336 e. The molecule has 7 nitrogen and oxygen atoms in total. The first-order chi connectivity index (χ1) is 8.52. The average Bonchev–Trinajstić information content (AvgIpc) is 2.31. The van der Waals surface area contributed by atoms with Gasteiger partial charge in [0.25, 0.3) is 5.91 Å². The lowest BCUT2D eigenvalue weighted by Gasteiger charge is -2.15. The summed E-state index contributed by atoms with van der Waals surface area (Å²) in [7, 11) is 0. The number of carbonyl (C=O) groups excluding carboxylic acids is 3. The van der Waals surface area contributed by atoms with Crippen molar-refractivity contribution in [3.8, 4) is 0 Å². The third-order valence-corrected chi connectivity index (χ3v) is 1.72. The van der Waals surface area contributed by atoms with Crippen molar-refractivity contribution in [1.29, 1.82) is 0 Å². The average molecular weight is 252 g/mol. The van der Waals surface area contributed by atoms with Crippen LogP contribution in [0.4, 0.5) is 0 Å². The van der Waals surface area contributed by atoms with E-state index >= 15 is 0 Å². The van der Waals surface area contributed by atoms with Crippen LogP contribution in [-0.4, -0.2) is 24.5 Å². The lowest BCUT2D eigenvalue weighted by atomic mass is 10.4. The fourth-order valence-electron chi connectivity index (χ4n) is 0.998. The summed E-state index contributed by atoms with van der Waals surface area (Å²) in [4.78, 5) is 33.5. The van der Waals surface area contributed by atoms with Crippen LogP contribution in [0.5, 0.6) is 0 Å². The summed E-state index contributed by atoms with van der Waals surface area (Å²) in [5.74, 6) is -2.07. The topological polar surface area (TPSA) is 93.7 Å². The molecule has 1 heterocycles. The Labute approximate surface area is 103 Å². The Morgan fingerprint density at radius 2 is 2.06 bits per heavy atom. The van der Waals surface area contributed by atoms with Gasteiger partial charge in [-0.15, -0.1) is 0 Å². The van der Waals surface area contributed by atoms with Gasteiger partial charge in [0.1, 0.15) is 5.82 Å². The number of esters is 2. The molecule has 1 aliphatic heterocycles. The first kappa shape index (κ1) is 13.5. The first-order valence-electron chi connectivity index (χ1n) is 5.06. The summed E-state index contributed by atoms with van der Waals surface area (Å²) < 4.78 is 9.26. The third-order valence-electron chi connectivity index (χ3n) is 1.72. The minimum atomic E-state index is -0.862. The summed E-state index contributed by atoms with van der Waals surface area (Å²) in [5, 5.41) is 4.89. The molecule has 0 fully saturated rings. The van der Waals surface area contributed by atoms with Crippen molar-refractivity contribution in [3.05, 3.63) is 36.5 Å². The zero-order valence-electron chi connectivity index (χ0n) is 9.69. The van der Waals surface area contributed by atoms with Crippen molar-refractivity contribution >= 4 is 17.8 Å². The lowest BCUT2D eigenvalue weighted by Crippen LogP contribution is -2.36. The van der Waals surface area contributed by atoms with E-state index in [9.17, 15) is 14.4 Å². The van der Waals surface area contributed by atoms with Crippen molar-refractivity contribution in [1.82, 2.24) is 10.6 Å². The summed E-state index contributed by atoms with van der Waals surface area (Å²) in [5.41, 5.74) is 0. The van der Waals surface area contributed by atoms with Gasteiger partial charge in [-0.3, -0.25) is 4.79 Å². The van der Waals surface area contributed by atoms with Crippen LogP contribution in [0.25, 0.3) is 0 Å². The second-order valence-electron chi connectivity index (χ2n) is 3.09. The molecule has 0 saturated carbocycles. The molecule has 0 aliphatic carbocycles. The van der Waals surface area contributed by atoms with E-state index in [4.69, 9.17) is 4.74 Å².